The fourth-order valence-electron chi connectivity index (χ4n) is 2.40. The molecule has 1 N–H and O–H groups in total. The summed E-state index contributed by atoms with van der Waals surface area (Å²) in [4.78, 5) is 11.9. The number of hydrogen-bond acceptors (Lipinski definition) is 4. The summed E-state index contributed by atoms with van der Waals surface area (Å²) in [6.07, 6.45) is 9.30. The van der Waals surface area contributed by atoms with E-state index < -0.39 is 0 Å². The van der Waals surface area contributed by atoms with Gasteiger partial charge in [0.2, 0.25) is 5.91 Å². The van der Waals surface area contributed by atoms with E-state index in [-0.39, 0.29) is 11.6 Å². The Morgan fingerprint density at radius 3 is 2.95 bits per heavy atom. The van der Waals surface area contributed by atoms with Gasteiger partial charge in [-0.2, -0.15) is 10.2 Å². The molecule has 1 aromatic carbocycles. The van der Waals surface area contributed by atoms with Crippen molar-refractivity contribution in [2.45, 2.75) is 37.9 Å². The first-order chi connectivity index (χ1) is 10.7. The van der Waals surface area contributed by atoms with Gasteiger partial charge in [-0.05, 0) is 23.8 Å². The van der Waals surface area contributed by atoms with Crippen LogP contribution in [0.3, 0.4) is 0 Å². The van der Waals surface area contributed by atoms with Crippen LogP contribution in [0.2, 0.25) is 0 Å². The van der Waals surface area contributed by atoms with E-state index in [2.05, 4.69) is 21.5 Å². The number of nitrogens with one attached hydrogen (secondary N) is 1. The van der Waals surface area contributed by atoms with Gasteiger partial charge >= 0.3 is 0 Å². The number of terminal acetylenes is 1. The molecule has 0 unspecified atom stereocenters. The molecule has 0 radical (unpaired) electrons. The molecule has 2 aromatic rings. The first-order valence-electron chi connectivity index (χ1n) is 7.31. The van der Waals surface area contributed by atoms with Crippen molar-refractivity contribution in [1.82, 2.24) is 5.32 Å². The standard InChI is InChI=1S/C17H17N3O2/c1-2-3-8-17(19-20-17)9-6-16(21)18-12-13-4-5-15-14(11-13)7-10-22-15/h1,4-5,7,10-11H,3,6,8-9,12H2,(H,18,21). The van der Waals surface area contributed by atoms with Gasteiger partial charge in [0.05, 0.1) is 6.26 Å². The molecule has 0 bridgehead atoms. The predicted octanol–water partition coefficient (Wildman–Crippen LogP) is 3.40. The largest absolute Gasteiger partial charge is 0.464 e. The highest BCUT2D eigenvalue weighted by Gasteiger charge is 2.39. The third kappa shape index (κ3) is 3.34. The highest BCUT2D eigenvalue weighted by molar-refractivity contribution is 5.78. The molecule has 1 amide bonds. The van der Waals surface area contributed by atoms with E-state index in [1.165, 1.54) is 0 Å². The molecule has 1 aromatic heterocycles. The molecule has 0 spiro atoms. The minimum atomic E-state index is -0.389. The van der Waals surface area contributed by atoms with Crippen molar-refractivity contribution in [2.75, 3.05) is 0 Å². The lowest BCUT2D eigenvalue weighted by atomic mass is 10.0. The van der Waals surface area contributed by atoms with Crippen LogP contribution in [0.15, 0.2) is 45.2 Å². The van der Waals surface area contributed by atoms with Crippen molar-refractivity contribution in [3.8, 4) is 12.3 Å². The van der Waals surface area contributed by atoms with Gasteiger partial charge < -0.3 is 9.73 Å². The molecule has 2 heterocycles. The molecule has 22 heavy (non-hydrogen) atoms. The second kappa shape index (κ2) is 6.02. The Morgan fingerprint density at radius 1 is 1.32 bits per heavy atom. The van der Waals surface area contributed by atoms with Gasteiger partial charge in [-0.1, -0.05) is 6.07 Å². The van der Waals surface area contributed by atoms with Gasteiger partial charge in [0.1, 0.15) is 5.58 Å². The van der Waals surface area contributed by atoms with E-state index >= 15 is 0 Å². The maximum Gasteiger partial charge on any atom is 0.220 e. The summed E-state index contributed by atoms with van der Waals surface area (Å²) in [6.45, 7) is 0.506. The number of benzene rings is 1. The summed E-state index contributed by atoms with van der Waals surface area (Å²) < 4.78 is 5.29. The van der Waals surface area contributed by atoms with E-state index in [4.69, 9.17) is 10.8 Å². The van der Waals surface area contributed by atoms with E-state index in [1.807, 2.05) is 24.3 Å². The van der Waals surface area contributed by atoms with Crippen molar-refractivity contribution < 1.29 is 9.21 Å². The van der Waals surface area contributed by atoms with Crippen LogP contribution < -0.4 is 5.32 Å². The van der Waals surface area contributed by atoms with Crippen LogP contribution in [0.25, 0.3) is 11.0 Å². The Bertz CT molecular complexity index is 749. The Morgan fingerprint density at radius 2 is 2.18 bits per heavy atom. The molecule has 5 heteroatoms. The predicted molar refractivity (Wildman–Crippen MR) is 82.9 cm³/mol. The molecule has 112 valence electrons. The minimum Gasteiger partial charge on any atom is -0.464 e. The first kappa shape index (κ1) is 14.3. The van der Waals surface area contributed by atoms with E-state index in [0.717, 1.165) is 23.0 Å². The monoisotopic (exact) mass is 295 g/mol. The topological polar surface area (TPSA) is 67.0 Å². The third-order valence-corrected chi connectivity index (χ3v) is 3.81. The molecular weight excluding hydrogens is 278 g/mol. The Balaban J connectivity index is 1.45. The van der Waals surface area contributed by atoms with Crippen LogP contribution in [0.1, 0.15) is 31.2 Å². The van der Waals surface area contributed by atoms with Gasteiger partial charge in [0.15, 0.2) is 5.66 Å². The van der Waals surface area contributed by atoms with Gasteiger partial charge in [-0.3, -0.25) is 4.79 Å². The second-order valence-electron chi connectivity index (χ2n) is 5.46. The number of amides is 1. The Kier molecular flexibility index (Phi) is 3.92. The Labute approximate surface area is 128 Å². The van der Waals surface area contributed by atoms with Crippen molar-refractivity contribution in [3.05, 3.63) is 36.1 Å². The normalized spacial score (nSPS) is 14.7. The quantitative estimate of drug-likeness (QED) is 0.795. The Hall–Kier alpha value is -2.61. The van der Waals surface area contributed by atoms with Crippen LogP contribution in [0, 0.1) is 12.3 Å². The fraction of sp³-hybridized carbons (Fsp3) is 0.353. The number of hydrogen-bond donors (Lipinski definition) is 1. The average Bonchev–Trinajstić information content (AvgIpc) is 3.16. The SMILES string of the molecule is C#CCCC1(CCC(=O)NCc2ccc3occc3c2)N=N1. The smallest absolute Gasteiger partial charge is 0.220 e. The summed E-state index contributed by atoms with van der Waals surface area (Å²) in [5, 5.41) is 12.0. The molecule has 1 aliphatic rings. The number of fused-ring (bicyclic) bond motifs is 1. The number of rotatable bonds is 7. The van der Waals surface area contributed by atoms with Crippen LogP contribution in [-0.4, -0.2) is 11.6 Å². The molecule has 0 saturated carbocycles. The van der Waals surface area contributed by atoms with Crippen molar-refractivity contribution in [2.24, 2.45) is 10.2 Å². The van der Waals surface area contributed by atoms with Crippen molar-refractivity contribution in [3.63, 3.8) is 0 Å². The highest BCUT2D eigenvalue weighted by Crippen LogP contribution is 2.37. The van der Waals surface area contributed by atoms with Crippen molar-refractivity contribution >= 4 is 16.9 Å². The molecule has 3 rings (SSSR count). The number of carbonyl (C=O) groups is 1. The second-order valence-corrected chi connectivity index (χ2v) is 5.46. The fourth-order valence-corrected chi connectivity index (χ4v) is 2.40. The molecule has 0 aliphatic carbocycles. The van der Waals surface area contributed by atoms with Crippen LogP contribution in [0.4, 0.5) is 0 Å². The van der Waals surface area contributed by atoms with Gasteiger partial charge in [0.25, 0.3) is 0 Å². The average molecular weight is 295 g/mol. The number of nitrogens with zero attached hydrogens (tertiary/aromatic N) is 2. The summed E-state index contributed by atoms with van der Waals surface area (Å²) in [5.41, 5.74) is 1.51. The molecule has 0 saturated heterocycles. The van der Waals surface area contributed by atoms with Crippen LogP contribution in [0.5, 0.6) is 0 Å². The zero-order valence-corrected chi connectivity index (χ0v) is 12.2. The van der Waals surface area contributed by atoms with Crippen LogP contribution in [-0.2, 0) is 11.3 Å². The van der Waals surface area contributed by atoms with Gasteiger partial charge in [0, 0.05) is 37.6 Å². The lowest BCUT2D eigenvalue weighted by molar-refractivity contribution is -0.121. The number of carbonyl (C=O) groups excluding carboxylic acids is 1. The zero-order chi connectivity index (χ0) is 15.4. The van der Waals surface area contributed by atoms with E-state index in [1.54, 1.807) is 6.26 Å². The summed E-state index contributed by atoms with van der Waals surface area (Å²) in [6, 6.07) is 7.78. The van der Waals surface area contributed by atoms with E-state index in [9.17, 15) is 4.79 Å². The third-order valence-electron chi connectivity index (χ3n) is 3.81. The molecule has 0 atom stereocenters. The first-order valence-corrected chi connectivity index (χ1v) is 7.31. The lowest BCUT2D eigenvalue weighted by Crippen LogP contribution is -2.24. The summed E-state index contributed by atoms with van der Waals surface area (Å²) in [5.74, 6) is 2.59. The van der Waals surface area contributed by atoms with Gasteiger partial charge in [-0.15, -0.1) is 12.3 Å². The molecule has 1 aliphatic heterocycles. The maximum absolute atomic E-state index is 11.9. The van der Waals surface area contributed by atoms with Crippen LogP contribution >= 0.6 is 0 Å². The lowest BCUT2D eigenvalue weighted by Gasteiger charge is -2.09. The summed E-state index contributed by atoms with van der Waals surface area (Å²) in [7, 11) is 0. The van der Waals surface area contributed by atoms with Crippen molar-refractivity contribution in [1.29, 1.82) is 0 Å². The van der Waals surface area contributed by atoms with Gasteiger partial charge in [-0.25, -0.2) is 0 Å². The maximum atomic E-state index is 11.9. The highest BCUT2D eigenvalue weighted by atomic mass is 16.3. The molecular formula is C17H17N3O2. The summed E-state index contributed by atoms with van der Waals surface area (Å²) >= 11 is 0. The molecule has 5 nitrogen and oxygen atoms in total. The minimum absolute atomic E-state index is 0.00433. The number of furan rings is 1. The van der Waals surface area contributed by atoms with E-state index in [0.29, 0.717) is 25.8 Å². The zero-order valence-electron chi connectivity index (χ0n) is 12.2. The molecule has 0 fully saturated rings.